The summed E-state index contributed by atoms with van der Waals surface area (Å²) in [6.45, 7) is 0.371. The van der Waals surface area contributed by atoms with Crippen molar-refractivity contribution in [1.82, 2.24) is 15.2 Å². The average Bonchev–Trinajstić information content (AvgIpc) is 3.47. The fourth-order valence-electron chi connectivity index (χ4n) is 3.82. The fraction of sp³-hybridized carbons (Fsp3) is 0.250. The molecular formula is C24H23N3O5S. The van der Waals surface area contributed by atoms with Crippen molar-refractivity contribution in [3.8, 4) is 11.3 Å². The molecule has 0 saturated carbocycles. The molecule has 4 rings (SSSR count). The number of hydrogen-bond acceptors (Lipinski definition) is 7. The summed E-state index contributed by atoms with van der Waals surface area (Å²) in [5.74, 6) is 0.608. The van der Waals surface area contributed by atoms with Gasteiger partial charge in [-0.1, -0.05) is 18.2 Å². The number of thiocarbonyl (C=S) groups is 1. The molecule has 1 aromatic carbocycles. The minimum absolute atomic E-state index is 0.187. The molecule has 0 bridgehead atoms. The second-order valence-electron chi connectivity index (χ2n) is 7.42. The summed E-state index contributed by atoms with van der Waals surface area (Å²) in [5.41, 5.74) is 2.09. The van der Waals surface area contributed by atoms with Crippen molar-refractivity contribution in [3.05, 3.63) is 77.8 Å². The van der Waals surface area contributed by atoms with Crippen LogP contribution in [-0.2, 0) is 14.3 Å². The smallest absolute Gasteiger partial charge is 0.337 e. The molecule has 3 heterocycles. The summed E-state index contributed by atoms with van der Waals surface area (Å²) < 4.78 is 15.8. The molecule has 2 atom stereocenters. The number of nitrogens with zero attached hydrogens (tertiary/aromatic N) is 2. The molecule has 1 aliphatic rings. The van der Waals surface area contributed by atoms with Crippen LogP contribution >= 0.6 is 12.2 Å². The Labute approximate surface area is 196 Å². The van der Waals surface area contributed by atoms with Gasteiger partial charge in [0, 0.05) is 18.3 Å². The SMILES string of the molecule is COC(=O)CCN1C(=S)N[C@@H](c2ccccn2)[C@H]1c1ccc(-c2ccc(C(=O)OC)cc2)o1. The fourth-order valence-corrected chi connectivity index (χ4v) is 4.16. The highest BCUT2D eigenvalue weighted by Crippen LogP contribution is 2.40. The van der Waals surface area contributed by atoms with Crippen molar-refractivity contribution in [1.29, 1.82) is 0 Å². The maximum Gasteiger partial charge on any atom is 0.337 e. The standard InChI is InChI=1S/C24H23N3O5S/c1-30-20(28)12-14-27-22(21(26-24(27)33)17-5-3-4-13-25-17)19-11-10-18(32-19)15-6-8-16(9-7-15)23(29)31-2/h3-11,13,21-22H,12,14H2,1-2H3,(H,26,33)/t21-,22+/m0/s1. The van der Waals surface area contributed by atoms with Crippen molar-refractivity contribution >= 4 is 29.3 Å². The molecule has 0 amide bonds. The lowest BCUT2D eigenvalue weighted by Crippen LogP contribution is -2.31. The van der Waals surface area contributed by atoms with E-state index in [-0.39, 0.29) is 24.5 Å². The molecule has 1 fully saturated rings. The first-order valence-corrected chi connectivity index (χ1v) is 10.8. The number of benzene rings is 1. The molecule has 0 radical (unpaired) electrons. The average molecular weight is 466 g/mol. The highest BCUT2D eigenvalue weighted by Gasteiger charge is 2.41. The summed E-state index contributed by atoms with van der Waals surface area (Å²) in [5, 5.41) is 3.83. The maximum atomic E-state index is 11.8. The first kappa shape index (κ1) is 22.5. The number of rotatable bonds is 7. The molecule has 8 nitrogen and oxygen atoms in total. The second-order valence-corrected chi connectivity index (χ2v) is 7.80. The quantitative estimate of drug-likeness (QED) is 0.414. The van der Waals surface area contributed by atoms with Crippen LogP contribution in [0.5, 0.6) is 0 Å². The van der Waals surface area contributed by atoms with Crippen LogP contribution in [0.3, 0.4) is 0 Å². The predicted molar refractivity (Wildman–Crippen MR) is 124 cm³/mol. The van der Waals surface area contributed by atoms with E-state index in [0.29, 0.717) is 28.7 Å². The first-order valence-electron chi connectivity index (χ1n) is 10.3. The molecule has 0 unspecified atom stereocenters. The summed E-state index contributed by atoms with van der Waals surface area (Å²) in [4.78, 5) is 29.9. The van der Waals surface area contributed by atoms with Crippen molar-refractivity contribution in [2.75, 3.05) is 20.8 Å². The Morgan fingerprint density at radius 3 is 2.55 bits per heavy atom. The third-order valence-corrected chi connectivity index (χ3v) is 5.84. The van der Waals surface area contributed by atoms with Crippen molar-refractivity contribution < 1.29 is 23.5 Å². The zero-order valence-electron chi connectivity index (χ0n) is 18.2. The maximum absolute atomic E-state index is 11.8. The Hall–Kier alpha value is -3.72. The normalized spacial score (nSPS) is 17.5. The summed E-state index contributed by atoms with van der Waals surface area (Å²) in [6, 6.07) is 15.9. The van der Waals surface area contributed by atoms with Gasteiger partial charge in [0.15, 0.2) is 5.11 Å². The topological polar surface area (TPSA) is 93.9 Å². The van der Waals surface area contributed by atoms with Gasteiger partial charge in [0.25, 0.3) is 0 Å². The van der Waals surface area contributed by atoms with Gasteiger partial charge in [-0.25, -0.2) is 4.79 Å². The minimum Gasteiger partial charge on any atom is -0.469 e. The molecule has 3 aromatic rings. The number of hydrogen-bond donors (Lipinski definition) is 1. The van der Waals surface area contributed by atoms with Gasteiger partial charge in [0.05, 0.1) is 37.9 Å². The van der Waals surface area contributed by atoms with Crippen molar-refractivity contribution in [2.45, 2.75) is 18.5 Å². The van der Waals surface area contributed by atoms with Crippen LogP contribution in [0.1, 0.15) is 40.3 Å². The third-order valence-electron chi connectivity index (χ3n) is 5.49. The lowest BCUT2D eigenvalue weighted by Gasteiger charge is -2.25. The monoisotopic (exact) mass is 465 g/mol. The molecular weight excluding hydrogens is 442 g/mol. The van der Waals surface area contributed by atoms with E-state index in [9.17, 15) is 9.59 Å². The Kier molecular flexibility index (Phi) is 6.69. The van der Waals surface area contributed by atoms with Gasteiger partial charge in [0.2, 0.25) is 0 Å². The lowest BCUT2D eigenvalue weighted by atomic mass is 10.0. The number of methoxy groups -OCH3 is 2. The Morgan fingerprint density at radius 2 is 1.88 bits per heavy atom. The number of pyridine rings is 1. The number of esters is 2. The largest absolute Gasteiger partial charge is 0.469 e. The number of carbonyl (C=O) groups is 2. The molecule has 0 aliphatic carbocycles. The number of aromatic nitrogens is 1. The Balaban J connectivity index is 1.65. The molecule has 1 saturated heterocycles. The van der Waals surface area contributed by atoms with Crippen LogP contribution in [0.4, 0.5) is 0 Å². The lowest BCUT2D eigenvalue weighted by molar-refractivity contribution is -0.140. The van der Waals surface area contributed by atoms with Gasteiger partial charge in [-0.2, -0.15) is 0 Å². The zero-order chi connectivity index (χ0) is 23.4. The van der Waals surface area contributed by atoms with Crippen molar-refractivity contribution in [3.63, 3.8) is 0 Å². The Morgan fingerprint density at radius 1 is 1.09 bits per heavy atom. The molecule has 2 aromatic heterocycles. The Bertz CT molecular complexity index is 1150. The van der Waals surface area contributed by atoms with Crippen LogP contribution in [-0.4, -0.2) is 47.7 Å². The molecule has 170 valence electrons. The van der Waals surface area contributed by atoms with Crippen molar-refractivity contribution in [2.24, 2.45) is 0 Å². The minimum atomic E-state index is -0.397. The van der Waals surface area contributed by atoms with E-state index in [2.05, 4.69) is 10.3 Å². The van der Waals surface area contributed by atoms with E-state index in [1.807, 2.05) is 35.2 Å². The van der Waals surface area contributed by atoms with Gasteiger partial charge < -0.3 is 24.1 Å². The molecule has 9 heteroatoms. The van der Waals surface area contributed by atoms with E-state index in [1.165, 1.54) is 14.2 Å². The number of carbonyl (C=O) groups excluding carboxylic acids is 2. The molecule has 33 heavy (non-hydrogen) atoms. The van der Waals surface area contributed by atoms with Gasteiger partial charge >= 0.3 is 11.9 Å². The zero-order valence-corrected chi connectivity index (χ0v) is 19.0. The number of ether oxygens (including phenoxy) is 2. The first-order chi connectivity index (χ1) is 16.0. The summed E-state index contributed by atoms with van der Waals surface area (Å²) >= 11 is 5.58. The van der Waals surface area contributed by atoms with Crippen LogP contribution in [0.15, 0.2) is 65.2 Å². The predicted octanol–water partition coefficient (Wildman–Crippen LogP) is 3.66. The number of nitrogens with one attached hydrogen (secondary N) is 1. The van der Waals surface area contributed by atoms with E-state index in [4.69, 9.17) is 26.1 Å². The highest BCUT2D eigenvalue weighted by atomic mass is 32.1. The van der Waals surface area contributed by atoms with Gasteiger partial charge in [-0.3, -0.25) is 9.78 Å². The molecule has 0 spiro atoms. The molecule has 1 N–H and O–H groups in total. The van der Waals surface area contributed by atoms with Crippen LogP contribution in [0.25, 0.3) is 11.3 Å². The van der Waals surface area contributed by atoms with E-state index >= 15 is 0 Å². The summed E-state index contributed by atoms with van der Waals surface area (Å²) in [6.07, 6.45) is 1.91. The van der Waals surface area contributed by atoms with E-state index in [0.717, 1.165) is 11.3 Å². The third kappa shape index (κ3) is 4.73. The van der Waals surface area contributed by atoms with E-state index in [1.54, 1.807) is 30.5 Å². The highest BCUT2D eigenvalue weighted by molar-refractivity contribution is 7.80. The van der Waals surface area contributed by atoms with Crippen LogP contribution in [0.2, 0.25) is 0 Å². The van der Waals surface area contributed by atoms with Gasteiger partial charge in [0.1, 0.15) is 17.6 Å². The van der Waals surface area contributed by atoms with Gasteiger partial charge in [-0.05, 0) is 48.6 Å². The van der Waals surface area contributed by atoms with Crippen LogP contribution < -0.4 is 5.32 Å². The van der Waals surface area contributed by atoms with Crippen LogP contribution in [0, 0.1) is 0 Å². The van der Waals surface area contributed by atoms with E-state index < -0.39 is 5.97 Å². The summed E-state index contributed by atoms with van der Waals surface area (Å²) in [7, 11) is 2.71. The number of furan rings is 1. The second kappa shape index (κ2) is 9.83. The van der Waals surface area contributed by atoms with Gasteiger partial charge in [-0.15, -0.1) is 0 Å². The molecule has 1 aliphatic heterocycles.